The SMILES string of the molecule is O=C(O)C(Cc1ccccc1Cl)CC1C2CCN1CC1(C2)OCCc2cc(F)ccc21. The molecule has 1 N–H and O–H groups in total. The van der Waals surface area contributed by atoms with Crippen LogP contribution in [0.4, 0.5) is 4.39 Å². The minimum absolute atomic E-state index is 0.198. The molecule has 4 nitrogen and oxygen atoms in total. The van der Waals surface area contributed by atoms with Gasteiger partial charge in [0.05, 0.1) is 12.5 Å². The van der Waals surface area contributed by atoms with Gasteiger partial charge in [-0.25, -0.2) is 4.39 Å². The van der Waals surface area contributed by atoms with Crippen molar-refractivity contribution in [1.29, 1.82) is 0 Å². The molecule has 2 bridgehead atoms. The number of carbonyl (C=O) groups is 1. The molecule has 0 saturated carbocycles. The number of benzene rings is 2. The molecule has 6 heteroatoms. The van der Waals surface area contributed by atoms with E-state index in [1.54, 1.807) is 6.07 Å². The zero-order chi connectivity index (χ0) is 21.6. The van der Waals surface area contributed by atoms with Crippen molar-refractivity contribution in [2.45, 2.75) is 43.7 Å². The van der Waals surface area contributed by atoms with Crippen molar-refractivity contribution < 1.29 is 19.0 Å². The molecule has 0 aliphatic carbocycles. The van der Waals surface area contributed by atoms with Crippen molar-refractivity contribution in [1.82, 2.24) is 4.90 Å². The van der Waals surface area contributed by atoms with Crippen molar-refractivity contribution in [3.63, 3.8) is 0 Å². The molecule has 0 amide bonds. The molecule has 3 aliphatic heterocycles. The summed E-state index contributed by atoms with van der Waals surface area (Å²) in [5, 5.41) is 10.5. The summed E-state index contributed by atoms with van der Waals surface area (Å²) in [4.78, 5) is 14.5. The number of halogens is 2. The molecule has 5 unspecified atom stereocenters. The quantitative estimate of drug-likeness (QED) is 0.729. The molecule has 31 heavy (non-hydrogen) atoms. The molecule has 5 rings (SSSR count). The number of aliphatic carboxylic acids is 1. The number of rotatable bonds is 5. The van der Waals surface area contributed by atoms with E-state index >= 15 is 0 Å². The monoisotopic (exact) mass is 443 g/mol. The van der Waals surface area contributed by atoms with E-state index in [1.165, 1.54) is 6.07 Å². The van der Waals surface area contributed by atoms with Gasteiger partial charge in [-0.3, -0.25) is 9.69 Å². The maximum atomic E-state index is 13.8. The summed E-state index contributed by atoms with van der Waals surface area (Å²) in [6.07, 6.45) is 3.70. The zero-order valence-electron chi connectivity index (χ0n) is 17.4. The van der Waals surface area contributed by atoms with Crippen molar-refractivity contribution >= 4 is 17.6 Å². The van der Waals surface area contributed by atoms with Gasteiger partial charge >= 0.3 is 5.97 Å². The van der Waals surface area contributed by atoms with Crippen molar-refractivity contribution in [3.05, 3.63) is 70.0 Å². The minimum atomic E-state index is -0.768. The van der Waals surface area contributed by atoms with Gasteiger partial charge in [0.25, 0.3) is 0 Å². The Hall–Kier alpha value is -1.95. The first-order valence-electron chi connectivity index (χ1n) is 11.1. The highest BCUT2D eigenvalue weighted by molar-refractivity contribution is 6.31. The second kappa shape index (κ2) is 8.19. The number of hydrogen-bond donors (Lipinski definition) is 1. The Morgan fingerprint density at radius 2 is 2.16 bits per heavy atom. The molecule has 0 aromatic heterocycles. The molecule has 2 fully saturated rings. The molecule has 0 radical (unpaired) electrons. The van der Waals surface area contributed by atoms with Gasteiger partial charge in [0, 0.05) is 17.6 Å². The summed E-state index contributed by atoms with van der Waals surface area (Å²) in [6.45, 7) is 2.30. The third-order valence-corrected chi connectivity index (χ3v) is 7.83. The number of carboxylic acids is 1. The Kier molecular flexibility index (Phi) is 5.53. The Labute approximate surface area is 187 Å². The lowest BCUT2D eigenvalue weighted by molar-refractivity contribution is -0.144. The predicted octanol–water partition coefficient (Wildman–Crippen LogP) is 4.67. The van der Waals surface area contributed by atoms with Crippen LogP contribution < -0.4 is 0 Å². The van der Waals surface area contributed by atoms with Crippen LogP contribution in [0.15, 0.2) is 42.5 Å². The van der Waals surface area contributed by atoms with Crippen LogP contribution in [-0.4, -0.2) is 41.7 Å². The van der Waals surface area contributed by atoms with E-state index in [0.717, 1.165) is 49.0 Å². The van der Waals surface area contributed by atoms with Gasteiger partial charge in [0.2, 0.25) is 0 Å². The van der Waals surface area contributed by atoms with Crippen LogP contribution in [0, 0.1) is 17.7 Å². The average Bonchev–Trinajstić information content (AvgIpc) is 2.98. The van der Waals surface area contributed by atoms with Gasteiger partial charge in [-0.15, -0.1) is 0 Å². The molecule has 2 saturated heterocycles. The fourth-order valence-corrected chi connectivity index (χ4v) is 6.23. The molecular weight excluding hydrogens is 417 g/mol. The molecule has 1 spiro atoms. The van der Waals surface area contributed by atoms with E-state index in [2.05, 4.69) is 4.90 Å². The van der Waals surface area contributed by atoms with Gasteiger partial charge < -0.3 is 9.84 Å². The number of nitrogens with zero attached hydrogens (tertiary/aromatic N) is 1. The third kappa shape index (κ3) is 3.88. The number of carboxylic acid groups (broad SMARTS) is 1. The lowest BCUT2D eigenvalue weighted by atomic mass is 9.73. The molecule has 2 aromatic carbocycles. The molecule has 3 aliphatic rings. The van der Waals surface area contributed by atoms with Gasteiger partial charge in [-0.1, -0.05) is 35.9 Å². The van der Waals surface area contributed by atoms with E-state index in [9.17, 15) is 14.3 Å². The van der Waals surface area contributed by atoms with Crippen LogP contribution in [0.1, 0.15) is 36.0 Å². The largest absolute Gasteiger partial charge is 0.481 e. The summed E-state index contributed by atoms with van der Waals surface area (Å²) in [7, 11) is 0. The zero-order valence-corrected chi connectivity index (χ0v) is 18.2. The molecule has 164 valence electrons. The van der Waals surface area contributed by atoms with E-state index in [4.69, 9.17) is 16.3 Å². The van der Waals surface area contributed by atoms with Crippen molar-refractivity contribution in [2.24, 2.45) is 11.8 Å². The van der Waals surface area contributed by atoms with Gasteiger partial charge in [-0.2, -0.15) is 0 Å². The van der Waals surface area contributed by atoms with Crippen LogP contribution in [0.25, 0.3) is 0 Å². The fourth-order valence-electron chi connectivity index (χ4n) is 6.02. The van der Waals surface area contributed by atoms with Crippen LogP contribution in [0.3, 0.4) is 0 Å². The molecule has 2 aromatic rings. The van der Waals surface area contributed by atoms with E-state index in [-0.39, 0.29) is 11.9 Å². The number of piperidine rings is 1. The van der Waals surface area contributed by atoms with Gasteiger partial charge in [0.15, 0.2) is 0 Å². The summed E-state index contributed by atoms with van der Waals surface area (Å²) >= 11 is 6.30. The maximum absolute atomic E-state index is 13.8. The summed E-state index contributed by atoms with van der Waals surface area (Å²) in [5.41, 5.74) is 2.65. The third-order valence-electron chi connectivity index (χ3n) is 7.46. The first kappa shape index (κ1) is 20.9. The summed E-state index contributed by atoms with van der Waals surface area (Å²) in [5.74, 6) is -1.07. The van der Waals surface area contributed by atoms with Gasteiger partial charge in [0.1, 0.15) is 11.4 Å². The highest BCUT2D eigenvalue weighted by Gasteiger charge is 2.52. The van der Waals surface area contributed by atoms with Gasteiger partial charge in [-0.05, 0) is 79.5 Å². The Morgan fingerprint density at radius 1 is 1.32 bits per heavy atom. The van der Waals surface area contributed by atoms with E-state index < -0.39 is 17.5 Å². The van der Waals surface area contributed by atoms with Crippen LogP contribution in [0.2, 0.25) is 5.02 Å². The number of fused-ring (bicyclic) bond motifs is 4. The first-order valence-corrected chi connectivity index (χ1v) is 11.5. The Morgan fingerprint density at radius 3 is 2.94 bits per heavy atom. The van der Waals surface area contributed by atoms with Crippen molar-refractivity contribution in [3.8, 4) is 0 Å². The van der Waals surface area contributed by atoms with Crippen LogP contribution >= 0.6 is 11.6 Å². The number of hydrogen-bond acceptors (Lipinski definition) is 3. The van der Waals surface area contributed by atoms with E-state index in [1.807, 2.05) is 30.3 Å². The lowest BCUT2D eigenvalue weighted by Crippen LogP contribution is -2.54. The smallest absolute Gasteiger partial charge is 0.306 e. The van der Waals surface area contributed by atoms with Crippen molar-refractivity contribution in [2.75, 3.05) is 19.7 Å². The Bertz CT molecular complexity index is 982. The normalized spacial score (nSPS) is 30.2. The molecular formula is C25H27ClFNO3. The average molecular weight is 444 g/mol. The predicted molar refractivity (Wildman–Crippen MR) is 117 cm³/mol. The second-order valence-electron chi connectivity index (χ2n) is 9.25. The number of ether oxygens (including phenoxy) is 1. The maximum Gasteiger partial charge on any atom is 0.306 e. The highest BCUT2D eigenvalue weighted by atomic mass is 35.5. The second-order valence-corrected chi connectivity index (χ2v) is 9.66. The summed E-state index contributed by atoms with van der Waals surface area (Å²) < 4.78 is 20.2. The minimum Gasteiger partial charge on any atom is -0.481 e. The highest BCUT2D eigenvalue weighted by Crippen LogP contribution is 2.49. The van der Waals surface area contributed by atoms with E-state index in [0.29, 0.717) is 30.4 Å². The molecule has 5 atom stereocenters. The molecule has 3 heterocycles. The first-order chi connectivity index (χ1) is 14.9. The standard InChI is InChI=1S/C25H27ClFNO3/c26-22-4-2-1-3-17(22)11-19(24(29)30)13-23-18-7-9-28(23)15-25(14-18)21-6-5-20(27)12-16(21)8-10-31-25/h1-6,12,18-19,23H,7-11,13-15H2,(H,29,30). The Balaban J connectivity index is 1.36. The van der Waals surface area contributed by atoms with Crippen LogP contribution in [0.5, 0.6) is 0 Å². The fraction of sp³-hybridized carbons (Fsp3) is 0.480. The topological polar surface area (TPSA) is 49.8 Å². The van der Waals surface area contributed by atoms with Crippen LogP contribution in [-0.2, 0) is 28.0 Å². The lowest BCUT2D eigenvalue weighted by Gasteiger charge is -2.49. The summed E-state index contributed by atoms with van der Waals surface area (Å²) in [6, 6.07) is 12.8.